The maximum absolute atomic E-state index is 4.60. The van der Waals surface area contributed by atoms with Gasteiger partial charge in [-0.25, -0.2) is 0 Å². The van der Waals surface area contributed by atoms with Gasteiger partial charge in [0, 0.05) is 11.8 Å². The highest BCUT2D eigenvalue weighted by Crippen LogP contribution is 2.48. The average Bonchev–Trinajstić information content (AvgIpc) is 2.90. The number of hydrogen-bond acceptors (Lipinski definition) is 3. The monoisotopic (exact) mass is 240 g/mol. The van der Waals surface area contributed by atoms with Crippen molar-refractivity contribution in [3.63, 3.8) is 0 Å². The summed E-state index contributed by atoms with van der Waals surface area (Å²) in [7, 11) is 0. The molecule has 0 spiro atoms. The zero-order valence-corrected chi connectivity index (χ0v) is 11.6. The fraction of sp³-hybridized carbons (Fsp3) is 0.923. The SMILES string of the molecule is CCC1(CNC2=NCC(CC(C)C)S2)CC1. The lowest BCUT2D eigenvalue weighted by Crippen LogP contribution is -2.27. The van der Waals surface area contributed by atoms with Crippen LogP contribution in [0.25, 0.3) is 0 Å². The van der Waals surface area contributed by atoms with Gasteiger partial charge in [0.2, 0.25) is 0 Å². The first kappa shape index (κ1) is 12.3. The predicted octanol–water partition coefficient (Wildman–Crippen LogP) is 3.28. The smallest absolute Gasteiger partial charge is 0.156 e. The Kier molecular flexibility index (Phi) is 3.83. The van der Waals surface area contributed by atoms with E-state index in [1.54, 1.807) is 0 Å². The van der Waals surface area contributed by atoms with Crippen LogP contribution in [0, 0.1) is 11.3 Å². The molecule has 0 aromatic carbocycles. The minimum atomic E-state index is 0.624. The quantitative estimate of drug-likeness (QED) is 0.797. The van der Waals surface area contributed by atoms with E-state index in [-0.39, 0.29) is 0 Å². The maximum Gasteiger partial charge on any atom is 0.156 e. The van der Waals surface area contributed by atoms with Gasteiger partial charge in [0.15, 0.2) is 5.17 Å². The van der Waals surface area contributed by atoms with Crippen molar-refractivity contribution in [2.24, 2.45) is 16.3 Å². The van der Waals surface area contributed by atoms with Gasteiger partial charge in [-0.05, 0) is 37.0 Å². The first-order valence-electron chi connectivity index (χ1n) is 6.58. The lowest BCUT2D eigenvalue weighted by Gasteiger charge is -2.15. The Labute approximate surface area is 104 Å². The number of rotatable bonds is 5. The van der Waals surface area contributed by atoms with Crippen LogP contribution in [0.1, 0.15) is 46.5 Å². The largest absolute Gasteiger partial charge is 0.364 e. The Morgan fingerprint density at radius 2 is 2.25 bits per heavy atom. The van der Waals surface area contributed by atoms with Crippen LogP contribution < -0.4 is 5.32 Å². The fourth-order valence-electron chi connectivity index (χ4n) is 2.26. The van der Waals surface area contributed by atoms with Gasteiger partial charge in [-0.3, -0.25) is 4.99 Å². The Hall–Kier alpha value is -0.180. The molecule has 2 aliphatic rings. The molecule has 1 aliphatic carbocycles. The molecule has 0 amide bonds. The zero-order valence-electron chi connectivity index (χ0n) is 10.8. The summed E-state index contributed by atoms with van der Waals surface area (Å²) >= 11 is 1.96. The maximum atomic E-state index is 4.60. The van der Waals surface area contributed by atoms with E-state index < -0.39 is 0 Å². The van der Waals surface area contributed by atoms with Crippen LogP contribution in [0.2, 0.25) is 0 Å². The number of hydrogen-bond donors (Lipinski definition) is 1. The van der Waals surface area contributed by atoms with Crippen LogP contribution >= 0.6 is 11.8 Å². The molecule has 1 atom stereocenters. The van der Waals surface area contributed by atoms with E-state index >= 15 is 0 Å². The highest BCUT2D eigenvalue weighted by Gasteiger charge is 2.40. The summed E-state index contributed by atoms with van der Waals surface area (Å²) in [5.74, 6) is 0.789. The molecule has 1 heterocycles. The van der Waals surface area contributed by atoms with Gasteiger partial charge >= 0.3 is 0 Å². The minimum absolute atomic E-state index is 0.624. The first-order valence-corrected chi connectivity index (χ1v) is 7.46. The van der Waals surface area contributed by atoms with E-state index in [9.17, 15) is 0 Å². The van der Waals surface area contributed by atoms with E-state index in [4.69, 9.17) is 0 Å². The van der Waals surface area contributed by atoms with Gasteiger partial charge in [-0.2, -0.15) is 0 Å². The Balaban J connectivity index is 1.68. The number of amidine groups is 1. The van der Waals surface area contributed by atoms with Crippen LogP contribution in [0.5, 0.6) is 0 Å². The van der Waals surface area contributed by atoms with Gasteiger partial charge in [0.1, 0.15) is 0 Å². The molecule has 1 unspecified atom stereocenters. The Morgan fingerprint density at radius 3 is 2.81 bits per heavy atom. The number of aliphatic imine (C=N–C) groups is 1. The summed E-state index contributed by atoms with van der Waals surface area (Å²) in [4.78, 5) is 4.60. The summed E-state index contributed by atoms with van der Waals surface area (Å²) in [6.07, 6.45) is 5.42. The second-order valence-corrected chi connectivity index (χ2v) is 7.01. The molecule has 1 aliphatic heterocycles. The summed E-state index contributed by atoms with van der Waals surface area (Å²) in [6.45, 7) is 9.05. The van der Waals surface area contributed by atoms with Gasteiger partial charge in [0.05, 0.1) is 6.54 Å². The third kappa shape index (κ3) is 3.16. The lowest BCUT2D eigenvalue weighted by molar-refractivity contribution is 0.483. The molecule has 1 fully saturated rings. The number of nitrogens with zero attached hydrogens (tertiary/aromatic N) is 1. The molecule has 3 heteroatoms. The summed E-state index contributed by atoms with van der Waals surface area (Å²) < 4.78 is 0. The minimum Gasteiger partial charge on any atom is -0.364 e. The molecule has 1 saturated carbocycles. The van der Waals surface area contributed by atoms with Crippen molar-refractivity contribution in [1.82, 2.24) is 5.32 Å². The van der Waals surface area contributed by atoms with Crippen LogP contribution in [-0.4, -0.2) is 23.5 Å². The van der Waals surface area contributed by atoms with E-state index in [1.165, 1.54) is 30.9 Å². The van der Waals surface area contributed by atoms with Gasteiger partial charge in [-0.15, -0.1) is 0 Å². The van der Waals surface area contributed by atoms with Crippen molar-refractivity contribution in [3.8, 4) is 0 Å². The highest BCUT2D eigenvalue weighted by molar-refractivity contribution is 8.14. The second kappa shape index (κ2) is 4.99. The average molecular weight is 240 g/mol. The van der Waals surface area contributed by atoms with Crippen molar-refractivity contribution >= 4 is 16.9 Å². The van der Waals surface area contributed by atoms with Crippen molar-refractivity contribution in [3.05, 3.63) is 0 Å². The molecule has 2 nitrogen and oxygen atoms in total. The van der Waals surface area contributed by atoms with E-state index in [1.807, 2.05) is 11.8 Å². The van der Waals surface area contributed by atoms with Crippen molar-refractivity contribution in [1.29, 1.82) is 0 Å². The Morgan fingerprint density at radius 1 is 1.50 bits per heavy atom. The normalized spacial score (nSPS) is 27.0. The van der Waals surface area contributed by atoms with E-state index in [0.717, 1.165) is 24.3 Å². The van der Waals surface area contributed by atoms with E-state index in [0.29, 0.717) is 5.41 Å². The molecule has 16 heavy (non-hydrogen) atoms. The molecule has 0 radical (unpaired) electrons. The molecule has 0 saturated heterocycles. The molecule has 92 valence electrons. The lowest BCUT2D eigenvalue weighted by atomic mass is 10.0. The second-order valence-electron chi connectivity index (χ2n) is 5.72. The zero-order chi connectivity index (χ0) is 11.6. The third-order valence-corrected chi connectivity index (χ3v) is 4.94. The summed E-state index contributed by atoms with van der Waals surface area (Å²) in [5, 5.41) is 5.47. The van der Waals surface area contributed by atoms with Gasteiger partial charge in [-0.1, -0.05) is 32.5 Å². The topological polar surface area (TPSA) is 24.4 Å². The van der Waals surface area contributed by atoms with Crippen molar-refractivity contribution in [2.45, 2.75) is 51.7 Å². The van der Waals surface area contributed by atoms with E-state index in [2.05, 4.69) is 31.1 Å². The van der Waals surface area contributed by atoms with Gasteiger partial charge in [0.25, 0.3) is 0 Å². The number of thioether (sulfide) groups is 1. The van der Waals surface area contributed by atoms with Crippen LogP contribution in [0.15, 0.2) is 4.99 Å². The predicted molar refractivity (Wildman–Crippen MR) is 73.1 cm³/mol. The summed E-state index contributed by atoms with van der Waals surface area (Å²) in [6, 6.07) is 0. The summed E-state index contributed by atoms with van der Waals surface area (Å²) in [5.41, 5.74) is 0.624. The number of nitrogens with one attached hydrogen (secondary N) is 1. The van der Waals surface area contributed by atoms with Crippen LogP contribution in [0.4, 0.5) is 0 Å². The molecule has 1 N–H and O–H groups in total. The van der Waals surface area contributed by atoms with Crippen LogP contribution in [0.3, 0.4) is 0 Å². The van der Waals surface area contributed by atoms with Gasteiger partial charge < -0.3 is 5.32 Å². The molecule has 0 aromatic rings. The fourth-order valence-corrected chi connectivity index (χ4v) is 3.51. The standard InChI is InChI=1S/C13H24N2S/c1-4-13(5-6-13)9-15-12-14-8-11(16-12)7-10(2)3/h10-11H,4-9H2,1-3H3,(H,14,15). The van der Waals surface area contributed by atoms with Crippen molar-refractivity contribution in [2.75, 3.05) is 13.1 Å². The molecule has 0 bridgehead atoms. The molecular formula is C13H24N2S. The Bertz CT molecular complexity index is 269. The first-order chi connectivity index (χ1) is 7.63. The molecule has 2 rings (SSSR count). The highest BCUT2D eigenvalue weighted by atomic mass is 32.2. The molecule has 0 aromatic heterocycles. The van der Waals surface area contributed by atoms with Crippen molar-refractivity contribution < 1.29 is 0 Å². The molecular weight excluding hydrogens is 216 g/mol. The van der Waals surface area contributed by atoms with Crippen LogP contribution in [-0.2, 0) is 0 Å². The third-order valence-electron chi connectivity index (χ3n) is 3.77.